The average Bonchev–Trinajstić information content (AvgIpc) is 3.55. The van der Waals surface area contributed by atoms with Crippen LogP contribution in [0, 0.1) is 0 Å². The first kappa shape index (κ1) is 27.7. The molecule has 1 atom stereocenters. The smallest absolute Gasteiger partial charge is 0.227 e. The van der Waals surface area contributed by atoms with Gasteiger partial charge in [-0.3, -0.25) is 14.5 Å². The Hall–Kier alpha value is -3.34. The summed E-state index contributed by atoms with van der Waals surface area (Å²) in [6.07, 6.45) is 3.47. The van der Waals surface area contributed by atoms with Crippen molar-refractivity contribution in [3.63, 3.8) is 0 Å². The van der Waals surface area contributed by atoms with Crippen molar-refractivity contribution in [3.05, 3.63) is 72.2 Å². The van der Waals surface area contributed by atoms with Gasteiger partial charge in [-0.2, -0.15) is 5.10 Å². The number of nitrogens with zero attached hydrogens (tertiary/aromatic N) is 4. The maximum absolute atomic E-state index is 13.1. The number of sulfonamides is 1. The summed E-state index contributed by atoms with van der Waals surface area (Å²) in [6.45, 7) is 8.18. The lowest BCUT2D eigenvalue weighted by Crippen LogP contribution is -2.33. The molecule has 0 aliphatic heterocycles. The highest BCUT2D eigenvalue weighted by Crippen LogP contribution is 2.29. The van der Waals surface area contributed by atoms with E-state index >= 15 is 0 Å². The van der Waals surface area contributed by atoms with Gasteiger partial charge in [-0.15, -0.1) is 0 Å². The van der Waals surface area contributed by atoms with E-state index in [0.29, 0.717) is 36.5 Å². The zero-order valence-corrected chi connectivity index (χ0v) is 23.0. The van der Waals surface area contributed by atoms with Gasteiger partial charge in [-0.05, 0) is 50.5 Å². The quantitative estimate of drug-likeness (QED) is 0.262. The Bertz CT molecular complexity index is 1460. The lowest BCUT2D eigenvalue weighted by molar-refractivity contribution is 0.0941. The van der Waals surface area contributed by atoms with E-state index < -0.39 is 16.1 Å². The van der Waals surface area contributed by atoms with E-state index in [1.54, 1.807) is 10.8 Å². The summed E-state index contributed by atoms with van der Waals surface area (Å²) in [4.78, 5) is 19.1. The molecule has 4 aromatic rings. The summed E-state index contributed by atoms with van der Waals surface area (Å²) in [7, 11) is -3.56. The van der Waals surface area contributed by atoms with Crippen LogP contribution in [0.5, 0.6) is 0 Å². The van der Waals surface area contributed by atoms with E-state index in [-0.39, 0.29) is 11.7 Å². The van der Waals surface area contributed by atoms with Crippen LogP contribution in [0.15, 0.2) is 60.8 Å². The Morgan fingerprint density at radius 2 is 1.79 bits per heavy atom. The number of benzene rings is 2. The van der Waals surface area contributed by atoms with Crippen LogP contribution in [-0.2, 0) is 16.4 Å². The van der Waals surface area contributed by atoms with Gasteiger partial charge in [0.15, 0.2) is 5.82 Å². The van der Waals surface area contributed by atoms with Crippen LogP contribution in [0.1, 0.15) is 55.8 Å². The highest BCUT2D eigenvalue weighted by Gasteiger charge is 2.24. The summed E-state index contributed by atoms with van der Waals surface area (Å²) >= 11 is 0. The van der Waals surface area contributed by atoms with Crippen molar-refractivity contribution < 1.29 is 13.2 Å². The van der Waals surface area contributed by atoms with Gasteiger partial charge in [0.1, 0.15) is 5.82 Å². The number of rotatable bonds is 13. The first-order valence-electron chi connectivity index (χ1n) is 13.1. The highest BCUT2D eigenvalue weighted by atomic mass is 32.2. The average molecular weight is 537 g/mol. The molecule has 0 aliphatic rings. The van der Waals surface area contributed by atoms with Crippen molar-refractivity contribution in [2.24, 2.45) is 0 Å². The van der Waals surface area contributed by atoms with Crippen LogP contribution in [0.25, 0.3) is 22.3 Å². The third kappa shape index (κ3) is 6.75. The predicted octanol–water partition coefficient (Wildman–Crippen LogP) is 4.41. The molecule has 38 heavy (non-hydrogen) atoms. The van der Waals surface area contributed by atoms with Gasteiger partial charge >= 0.3 is 0 Å². The van der Waals surface area contributed by atoms with E-state index in [4.69, 9.17) is 4.98 Å². The molecule has 2 N–H and O–H groups in total. The number of nitrogens with one attached hydrogen (secondary N) is 2. The fourth-order valence-corrected chi connectivity index (χ4v) is 5.96. The van der Waals surface area contributed by atoms with Gasteiger partial charge in [-0.25, -0.2) is 18.1 Å². The van der Waals surface area contributed by atoms with Gasteiger partial charge in [0.2, 0.25) is 15.9 Å². The van der Waals surface area contributed by atoms with Gasteiger partial charge in [-0.1, -0.05) is 62.4 Å². The second kappa shape index (κ2) is 12.5. The minimum Gasteiger partial charge on any atom is -0.304 e. The Kier molecular flexibility index (Phi) is 9.09. The third-order valence-corrected chi connectivity index (χ3v) is 8.26. The van der Waals surface area contributed by atoms with Crippen molar-refractivity contribution in [1.29, 1.82) is 0 Å². The van der Waals surface area contributed by atoms with Crippen molar-refractivity contribution >= 4 is 26.8 Å². The third-order valence-electron chi connectivity index (χ3n) is 6.79. The normalized spacial score (nSPS) is 12.8. The fraction of sp³-hybridized carbons (Fsp3) is 0.393. The minimum absolute atomic E-state index is 0.0401. The molecule has 0 saturated heterocycles. The molecule has 2 aromatic heterocycles. The monoisotopic (exact) mass is 536 g/mol. The molecule has 0 fully saturated rings. The number of carbonyl (C=O) groups is 1. The molecule has 2 aromatic carbocycles. The summed E-state index contributed by atoms with van der Waals surface area (Å²) in [5, 5.41) is 8.24. The molecule has 0 aliphatic carbocycles. The van der Waals surface area contributed by atoms with Gasteiger partial charge in [0, 0.05) is 24.1 Å². The largest absolute Gasteiger partial charge is 0.304 e. The lowest BCUT2D eigenvalue weighted by atomic mass is 10.1. The number of carbonyl (C=O) groups excluding carboxylic acids is 1. The number of hydrogen-bond acceptors (Lipinski definition) is 6. The van der Waals surface area contributed by atoms with Gasteiger partial charge < -0.3 is 4.90 Å². The molecule has 2 heterocycles. The number of para-hydroxylation sites is 1. The van der Waals surface area contributed by atoms with Crippen LogP contribution in [-0.4, -0.2) is 64.4 Å². The molecule has 0 saturated carbocycles. The number of aryl methyl sites for hydroxylation is 1. The van der Waals surface area contributed by atoms with Crippen LogP contribution in [0.3, 0.4) is 0 Å². The number of fused-ring (bicyclic) bond motifs is 1. The summed E-state index contributed by atoms with van der Waals surface area (Å²) in [5.74, 6) is 0.796. The molecule has 0 unspecified atom stereocenters. The molecule has 4 rings (SSSR count). The molecule has 0 amide bonds. The van der Waals surface area contributed by atoms with Crippen LogP contribution < -0.4 is 4.72 Å². The first-order valence-corrected chi connectivity index (χ1v) is 14.8. The zero-order chi connectivity index (χ0) is 27.1. The van der Waals surface area contributed by atoms with E-state index in [2.05, 4.69) is 33.7 Å². The van der Waals surface area contributed by atoms with Crippen molar-refractivity contribution in [2.75, 3.05) is 25.4 Å². The standard InChI is InChI=1S/C28H36N6O3S/c1-4-33(5-2)18-11-19-38(36,37)32-25(17-16-22-12-7-6-8-13-22)28-29-27(30-31-28)24-20-34(21(3)35)26-15-10-9-14-23(24)26/h6-10,12-15,20,25,32H,4-5,11,16-19H2,1-3H3,(H,29,30,31)/t25-/m1/s1. The Balaban J connectivity index is 1.59. The topological polar surface area (TPSA) is 113 Å². The molecular weight excluding hydrogens is 500 g/mol. The van der Waals surface area contributed by atoms with Crippen LogP contribution >= 0.6 is 0 Å². The zero-order valence-electron chi connectivity index (χ0n) is 22.2. The summed E-state index contributed by atoms with van der Waals surface area (Å²) < 4.78 is 30.6. The summed E-state index contributed by atoms with van der Waals surface area (Å²) in [6, 6.07) is 17.0. The maximum atomic E-state index is 13.1. The minimum atomic E-state index is -3.56. The highest BCUT2D eigenvalue weighted by molar-refractivity contribution is 7.89. The van der Waals surface area contributed by atoms with Crippen molar-refractivity contribution in [1.82, 2.24) is 29.4 Å². The second-order valence-electron chi connectivity index (χ2n) is 9.39. The van der Waals surface area contributed by atoms with E-state index in [1.165, 1.54) is 6.92 Å². The lowest BCUT2D eigenvalue weighted by Gasteiger charge is -2.19. The van der Waals surface area contributed by atoms with E-state index in [0.717, 1.165) is 36.1 Å². The van der Waals surface area contributed by atoms with Gasteiger partial charge in [0.05, 0.1) is 17.3 Å². The summed E-state index contributed by atoms with van der Waals surface area (Å²) in [5.41, 5.74) is 2.60. The molecule has 10 heteroatoms. The Morgan fingerprint density at radius 3 is 2.50 bits per heavy atom. The van der Waals surface area contributed by atoms with E-state index in [9.17, 15) is 13.2 Å². The SMILES string of the molecule is CCN(CC)CCCS(=O)(=O)N[C@H](CCc1ccccc1)c1nc(-c2cn(C(C)=O)c3ccccc23)n[nH]1. The first-order chi connectivity index (χ1) is 18.3. The Morgan fingerprint density at radius 1 is 1.08 bits per heavy atom. The Labute approximate surface area is 224 Å². The number of aromatic nitrogens is 4. The van der Waals surface area contributed by atoms with E-state index in [1.807, 2.05) is 54.6 Å². The predicted molar refractivity (Wildman–Crippen MR) is 150 cm³/mol. The van der Waals surface area contributed by atoms with Crippen LogP contribution in [0.2, 0.25) is 0 Å². The number of hydrogen-bond donors (Lipinski definition) is 2. The molecular formula is C28H36N6O3S. The maximum Gasteiger partial charge on any atom is 0.227 e. The number of H-pyrrole nitrogens is 1. The van der Waals surface area contributed by atoms with Crippen molar-refractivity contribution in [2.45, 2.75) is 46.1 Å². The molecule has 9 nitrogen and oxygen atoms in total. The van der Waals surface area contributed by atoms with Crippen LogP contribution in [0.4, 0.5) is 0 Å². The molecule has 202 valence electrons. The fourth-order valence-electron chi connectivity index (χ4n) is 4.67. The van der Waals surface area contributed by atoms with Crippen molar-refractivity contribution in [3.8, 4) is 11.4 Å². The molecule has 0 spiro atoms. The number of aromatic amines is 1. The molecule has 0 radical (unpaired) electrons. The molecule has 0 bridgehead atoms. The second-order valence-corrected chi connectivity index (χ2v) is 11.3. The van der Waals surface area contributed by atoms with Gasteiger partial charge in [0.25, 0.3) is 0 Å².